The molecule has 1 aliphatic carbocycles. The fourth-order valence-corrected chi connectivity index (χ4v) is 1.99. The predicted molar refractivity (Wildman–Crippen MR) is 65.3 cm³/mol. The van der Waals surface area contributed by atoms with Crippen LogP contribution in [0.15, 0.2) is 0 Å². The topological polar surface area (TPSA) is 30.5 Å². The molecule has 3 heteroatoms. The first kappa shape index (κ1) is 13.5. The van der Waals surface area contributed by atoms with Crippen LogP contribution in [-0.2, 0) is 9.47 Å². The maximum atomic E-state index is 5.42. The van der Waals surface area contributed by atoms with Crippen LogP contribution in [0.3, 0.4) is 0 Å². The summed E-state index contributed by atoms with van der Waals surface area (Å²) in [4.78, 5) is 0. The Balaban J connectivity index is 1.79. The average molecular weight is 225 g/mol. The average Bonchev–Trinajstić information content (AvgIpc) is 2.34. The second-order valence-corrected chi connectivity index (χ2v) is 4.16. The first-order valence-corrected chi connectivity index (χ1v) is 6.26. The van der Waals surface area contributed by atoms with Crippen LogP contribution in [0, 0.1) is 12.3 Å². The number of terminal acetylenes is 1. The molecule has 1 fully saturated rings. The zero-order valence-electron chi connectivity index (χ0n) is 10.0. The molecular weight excluding hydrogens is 202 g/mol. The van der Waals surface area contributed by atoms with E-state index in [4.69, 9.17) is 15.9 Å². The molecule has 0 bridgehead atoms. The van der Waals surface area contributed by atoms with Crippen molar-refractivity contribution in [2.45, 2.75) is 38.1 Å². The molecule has 0 aliphatic heterocycles. The summed E-state index contributed by atoms with van der Waals surface area (Å²) < 4.78 is 10.5. The summed E-state index contributed by atoms with van der Waals surface area (Å²) in [6, 6.07) is 0.718. The molecule has 0 radical (unpaired) electrons. The van der Waals surface area contributed by atoms with Crippen molar-refractivity contribution in [2.24, 2.45) is 0 Å². The Kier molecular flexibility index (Phi) is 8.15. The van der Waals surface area contributed by atoms with E-state index in [9.17, 15) is 0 Å². The minimum absolute atomic E-state index is 0.379. The van der Waals surface area contributed by atoms with Gasteiger partial charge >= 0.3 is 0 Å². The number of ether oxygens (including phenoxy) is 2. The third-order valence-electron chi connectivity index (χ3n) is 2.84. The Morgan fingerprint density at radius 1 is 1.06 bits per heavy atom. The molecule has 0 aromatic heterocycles. The van der Waals surface area contributed by atoms with E-state index in [2.05, 4.69) is 11.2 Å². The standard InChI is InChI=1S/C13H23NO2/c1-2-9-15-11-12-16-10-8-14-13-6-4-3-5-7-13/h1,13-14H,3-12H2. The van der Waals surface area contributed by atoms with Crippen molar-refractivity contribution in [2.75, 3.05) is 33.0 Å². The molecule has 0 unspecified atom stereocenters. The van der Waals surface area contributed by atoms with Crippen molar-refractivity contribution in [1.82, 2.24) is 5.32 Å². The van der Waals surface area contributed by atoms with Crippen LogP contribution < -0.4 is 5.32 Å². The third-order valence-corrected chi connectivity index (χ3v) is 2.84. The number of hydrogen-bond acceptors (Lipinski definition) is 3. The number of hydrogen-bond donors (Lipinski definition) is 1. The van der Waals surface area contributed by atoms with Gasteiger partial charge in [-0.25, -0.2) is 0 Å². The van der Waals surface area contributed by atoms with E-state index < -0.39 is 0 Å². The van der Waals surface area contributed by atoms with Gasteiger partial charge in [0.1, 0.15) is 6.61 Å². The van der Waals surface area contributed by atoms with Crippen molar-refractivity contribution < 1.29 is 9.47 Å². The fourth-order valence-electron chi connectivity index (χ4n) is 1.99. The molecule has 0 heterocycles. The molecule has 1 rings (SSSR count). The third kappa shape index (κ3) is 6.84. The first-order valence-electron chi connectivity index (χ1n) is 6.26. The normalized spacial score (nSPS) is 17.2. The van der Waals surface area contributed by atoms with Crippen molar-refractivity contribution in [3.8, 4) is 12.3 Å². The Morgan fingerprint density at radius 3 is 2.56 bits per heavy atom. The maximum Gasteiger partial charge on any atom is 0.107 e. The van der Waals surface area contributed by atoms with Gasteiger partial charge in [-0.15, -0.1) is 6.42 Å². The molecule has 0 amide bonds. The van der Waals surface area contributed by atoms with Gasteiger partial charge in [-0.2, -0.15) is 0 Å². The van der Waals surface area contributed by atoms with E-state index in [1.807, 2.05) is 0 Å². The lowest BCUT2D eigenvalue weighted by Gasteiger charge is -2.22. The summed E-state index contributed by atoms with van der Waals surface area (Å²) in [5, 5.41) is 3.53. The van der Waals surface area contributed by atoms with Crippen LogP contribution in [-0.4, -0.2) is 39.0 Å². The van der Waals surface area contributed by atoms with Crippen LogP contribution in [0.25, 0.3) is 0 Å². The van der Waals surface area contributed by atoms with Crippen molar-refractivity contribution in [3.63, 3.8) is 0 Å². The quantitative estimate of drug-likeness (QED) is 0.502. The fraction of sp³-hybridized carbons (Fsp3) is 0.846. The van der Waals surface area contributed by atoms with E-state index in [1.165, 1.54) is 32.1 Å². The molecular formula is C13H23NO2. The summed E-state index contributed by atoms with van der Waals surface area (Å²) in [5.41, 5.74) is 0. The van der Waals surface area contributed by atoms with Gasteiger partial charge in [0.25, 0.3) is 0 Å². The largest absolute Gasteiger partial charge is 0.378 e. The maximum absolute atomic E-state index is 5.42. The molecule has 3 nitrogen and oxygen atoms in total. The molecule has 0 atom stereocenters. The molecule has 0 spiro atoms. The molecule has 92 valence electrons. The van der Waals surface area contributed by atoms with Crippen molar-refractivity contribution >= 4 is 0 Å². The number of rotatable bonds is 8. The highest BCUT2D eigenvalue weighted by atomic mass is 16.5. The van der Waals surface area contributed by atoms with E-state index in [0.29, 0.717) is 19.8 Å². The first-order chi connectivity index (χ1) is 7.93. The summed E-state index contributed by atoms with van der Waals surface area (Å²) in [7, 11) is 0. The zero-order valence-corrected chi connectivity index (χ0v) is 10.0. The smallest absolute Gasteiger partial charge is 0.107 e. The van der Waals surface area contributed by atoms with E-state index in [0.717, 1.165) is 19.2 Å². The van der Waals surface area contributed by atoms with Crippen LogP contribution >= 0.6 is 0 Å². The van der Waals surface area contributed by atoms with Crippen LogP contribution in [0.2, 0.25) is 0 Å². The number of nitrogens with one attached hydrogen (secondary N) is 1. The highest BCUT2D eigenvalue weighted by molar-refractivity contribution is 4.82. The van der Waals surface area contributed by atoms with Crippen molar-refractivity contribution in [3.05, 3.63) is 0 Å². The van der Waals surface area contributed by atoms with E-state index in [-0.39, 0.29) is 0 Å². The lowest BCUT2D eigenvalue weighted by atomic mass is 9.96. The second kappa shape index (κ2) is 9.65. The molecule has 0 aromatic rings. The van der Waals surface area contributed by atoms with Gasteiger partial charge in [-0.1, -0.05) is 25.2 Å². The van der Waals surface area contributed by atoms with Gasteiger partial charge in [0.15, 0.2) is 0 Å². The van der Waals surface area contributed by atoms with E-state index >= 15 is 0 Å². The Morgan fingerprint density at radius 2 is 1.81 bits per heavy atom. The minimum atomic E-state index is 0.379. The summed E-state index contributed by atoms with van der Waals surface area (Å²) in [5.74, 6) is 2.42. The summed E-state index contributed by atoms with van der Waals surface area (Å²) >= 11 is 0. The summed E-state index contributed by atoms with van der Waals surface area (Å²) in [6.07, 6.45) is 11.8. The van der Waals surface area contributed by atoms with Gasteiger partial charge < -0.3 is 14.8 Å². The lowest BCUT2D eigenvalue weighted by molar-refractivity contribution is 0.0601. The van der Waals surface area contributed by atoms with Gasteiger partial charge in [0.05, 0.1) is 19.8 Å². The molecule has 0 saturated heterocycles. The van der Waals surface area contributed by atoms with Gasteiger partial charge in [0, 0.05) is 12.6 Å². The highest BCUT2D eigenvalue weighted by Crippen LogP contribution is 2.16. The van der Waals surface area contributed by atoms with Crippen molar-refractivity contribution in [1.29, 1.82) is 0 Å². The molecule has 1 saturated carbocycles. The van der Waals surface area contributed by atoms with Gasteiger partial charge in [-0.05, 0) is 12.8 Å². The highest BCUT2D eigenvalue weighted by Gasteiger charge is 2.11. The monoisotopic (exact) mass is 225 g/mol. The van der Waals surface area contributed by atoms with Crippen LogP contribution in [0.5, 0.6) is 0 Å². The minimum Gasteiger partial charge on any atom is -0.378 e. The zero-order chi connectivity index (χ0) is 11.5. The van der Waals surface area contributed by atoms with Crippen LogP contribution in [0.4, 0.5) is 0 Å². The Bertz CT molecular complexity index is 195. The lowest BCUT2D eigenvalue weighted by Crippen LogP contribution is -2.33. The van der Waals surface area contributed by atoms with E-state index in [1.54, 1.807) is 0 Å². The van der Waals surface area contributed by atoms with Crippen LogP contribution in [0.1, 0.15) is 32.1 Å². The van der Waals surface area contributed by atoms with Gasteiger partial charge in [0.2, 0.25) is 0 Å². The second-order valence-electron chi connectivity index (χ2n) is 4.16. The molecule has 0 aromatic carbocycles. The Labute approximate surface area is 98.9 Å². The SMILES string of the molecule is C#CCOCCOCCNC1CCCCC1. The Hall–Kier alpha value is -0.560. The molecule has 16 heavy (non-hydrogen) atoms. The molecule has 1 aliphatic rings. The van der Waals surface area contributed by atoms with Gasteiger partial charge in [-0.3, -0.25) is 0 Å². The predicted octanol–water partition coefficient (Wildman–Crippen LogP) is 1.58. The summed E-state index contributed by atoms with van der Waals surface area (Å²) in [6.45, 7) is 3.31. The molecule has 1 N–H and O–H groups in total.